The molecule has 13 heavy (non-hydrogen) atoms. The zero-order valence-electron chi connectivity index (χ0n) is 8.55. The first kappa shape index (κ1) is 10.2. The van der Waals surface area contributed by atoms with Crippen molar-refractivity contribution >= 4 is 5.78 Å². The van der Waals surface area contributed by atoms with E-state index < -0.39 is 0 Å². The van der Waals surface area contributed by atoms with Crippen molar-refractivity contribution in [1.82, 2.24) is 0 Å². The van der Waals surface area contributed by atoms with Crippen molar-refractivity contribution in [3.8, 4) is 0 Å². The normalized spacial score (nSPS) is 23.2. The second-order valence-corrected chi connectivity index (χ2v) is 3.64. The van der Waals surface area contributed by atoms with Gasteiger partial charge in [0.15, 0.2) is 5.78 Å². The maximum absolute atomic E-state index is 11.6. The van der Waals surface area contributed by atoms with Crippen molar-refractivity contribution in [2.24, 2.45) is 5.92 Å². The maximum atomic E-state index is 11.6. The van der Waals surface area contributed by atoms with Crippen LogP contribution in [0.15, 0.2) is 23.8 Å². The van der Waals surface area contributed by atoms with Crippen LogP contribution in [0.2, 0.25) is 0 Å². The number of carbonyl (C=O) groups excluding carboxylic acids is 1. The van der Waals surface area contributed by atoms with Crippen LogP contribution in [0.1, 0.15) is 39.5 Å². The van der Waals surface area contributed by atoms with Gasteiger partial charge in [0.05, 0.1) is 0 Å². The van der Waals surface area contributed by atoms with E-state index in [0.717, 1.165) is 25.7 Å². The number of allylic oxidation sites excluding steroid dienone is 4. The molecule has 0 bridgehead atoms. The first-order valence-corrected chi connectivity index (χ1v) is 5.12. The van der Waals surface area contributed by atoms with Gasteiger partial charge in [0.2, 0.25) is 0 Å². The minimum atomic E-state index is 0.177. The molecule has 0 radical (unpaired) electrons. The van der Waals surface area contributed by atoms with Gasteiger partial charge in [0, 0.05) is 5.92 Å². The minimum absolute atomic E-state index is 0.177. The standard InChI is InChI=1S/C12H18O/c1-3-4-9-12(13)11-8-6-5-7-10(11)2/h4,7,9,11H,3,5-6,8H2,1-2H3/b9-4+. The van der Waals surface area contributed by atoms with Crippen LogP contribution in [0.4, 0.5) is 0 Å². The SMILES string of the molecule is CC/C=C/C(=O)C1CCCC=C1C. The molecule has 1 rings (SSSR count). The summed E-state index contributed by atoms with van der Waals surface area (Å²) in [6.07, 6.45) is 10.2. The molecule has 0 aromatic carbocycles. The molecule has 1 unspecified atom stereocenters. The van der Waals surface area contributed by atoms with Crippen LogP contribution in [0.5, 0.6) is 0 Å². The molecular formula is C12H18O. The molecule has 0 N–H and O–H groups in total. The molecule has 1 heteroatoms. The van der Waals surface area contributed by atoms with Gasteiger partial charge in [-0.3, -0.25) is 4.79 Å². The van der Waals surface area contributed by atoms with Gasteiger partial charge in [-0.1, -0.05) is 24.6 Å². The fourth-order valence-electron chi connectivity index (χ4n) is 1.74. The molecule has 72 valence electrons. The topological polar surface area (TPSA) is 17.1 Å². The zero-order chi connectivity index (χ0) is 9.68. The van der Waals surface area contributed by atoms with Crippen molar-refractivity contribution in [2.75, 3.05) is 0 Å². The Bertz CT molecular complexity index is 236. The Labute approximate surface area is 80.5 Å². The molecule has 1 aliphatic carbocycles. The highest BCUT2D eigenvalue weighted by Crippen LogP contribution is 2.25. The van der Waals surface area contributed by atoms with E-state index in [1.807, 2.05) is 13.0 Å². The Morgan fingerprint density at radius 3 is 3.08 bits per heavy atom. The number of hydrogen-bond donors (Lipinski definition) is 0. The third-order valence-corrected chi connectivity index (χ3v) is 2.57. The molecule has 0 amide bonds. The van der Waals surface area contributed by atoms with E-state index in [2.05, 4.69) is 13.0 Å². The zero-order valence-corrected chi connectivity index (χ0v) is 8.55. The average Bonchev–Trinajstić information content (AvgIpc) is 2.15. The van der Waals surface area contributed by atoms with Gasteiger partial charge in [-0.15, -0.1) is 0 Å². The van der Waals surface area contributed by atoms with Gasteiger partial charge in [-0.25, -0.2) is 0 Å². The van der Waals surface area contributed by atoms with E-state index in [4.69, 9.17) is 0 Å². The Balaban J connectivity index is 2.60. The second kappa shape index (κ2) is 5.00. The van der Waals surface area contributed by atoms with E-state index >= 15 is 0 Å². The van der Waals surface area contributed by atoms with E-state index in [1.165, 1.54) is 5.57 Å². The van der Waals surface area contributed by atoms with Gasteiger partial charge >= 0.3 is 0 Å². The molecule has 1 atom stereocenters. The lowest BCUT2D eigenvalue weighted by atomic mass is 9.85. The predicted molar refractivity (Wildman–Crippen MR) is 55.5 cm³/mol. The van der Waals surface area contributed by atoms with Gasteiger partial charge < -0.3 is 0 Å². The largest absolute Gasteiger partial charge is 0.294 e. The van der Waals surface area contributed by atoms with Crippen LogP contribution >= 0.6 is 0 Å². The van der Waals surface area contributed by atoms with Crippen LogP contribution in [-0.4, -0.2) is 5.78 Å². The molecule has 0 fully saturated rings. The molecule has 1 aliphatic rings. The number of rotatable bonds is 3. The minimum Gasteiger partial charge on any atom is -0.294 e. The molecule has 0 heterocycles. The molecule has 0 aliphatic heterocycles. The van der Waals surface area contributed by atoms with Crippen LogP contribution in [0.3, 0.4) is 0 Å². The Morgan fingerprint density at radius 1 is 1.69 bits per heavy atom. The third kappa shape index (κ3) is 2.83. The molecule has 0 spiro atoms. The van der Waals surface area contributed by atoms with Crippen LogP contribution in [-0.2, 0) is 4.79 Å². The van der Waals surface area contributed by atoms with Crippen molar-refractivity contribution in [1.29, 1.82) is 0 Å². The predicted octanol–water partition coefficient (Wildman–Crippen LogP) is 3.27. The van der Waals surface area contributed by atoms with Crippen molar-refractivity contribution in [2.45, 2.75) is 39.5 Å². The van der Waals surface area contributed by atoms with Crippen LogP contribution in [0, 0.1) is 5.92 Å². The lowest BCUT2D eigenvalue weighted by molar-refractivity contribution is -0.117. The molecule has 0 saturated carbocycles. The van der Waals surface area contributed by atoms with Gasteiger partial charge in [-0.2, -0.15) is 0 Å². The maximum Gasteiger partial charge on any atom is 0.162 e. The van der Waals surface area contributed by atoms with Crippen LogP contribution < -0.4 is 0 Å². The number of ketones is 1. The Morgan fingerprint density at radius 2 is 2.46 bits per heavy atom. The summed E-state index contributed by atoms with van der Waals surface area (Å²) in [5.74, 6) is 0.465. The summed E-state index contributed by atoms with van der Waals surface area (Å²) in [6.45, 7) is 4.12. The van der Waals surface area contributed by atoms with Gasteiger partial charge in [-0.05, 0) is 38.7 Å². The quantitative estimate of drug-likeness (QED) is 0.479. The van der Waals surface area contributed by atoms with Crippen LogP contribution in [0.25, 0.3) is 0 Å². The highest BCUT2D eigenvalue weighted by Gasteiger charge is 2.19. The van der Waals surface area contributed by atoms with E-state index in [1.54, 1.807) is 6.08 Å². The number of hydrogen-bond acceptors (Lipinski definition) is 1. The molecule has 0 saturated heterocycles. The summed E-state index contributed by atoms with van der Waals surface area (Å²) in [4.78, 5) is 11.6. The first-order valence-electron chi connectivity index (χ1n) is 5.12. The molecule has 0 aromatic heterocycles. The van der Waals surface area contributed by atoms with Crippen molar-refractivity contribution in [3.05, 3.63) is 23.8 Å². The fraction of sp³-hybridized carbons (Fsp3) is 0.583. The Kier molecular flexibility index (Phi) is 3.94. The highest BCUT2D eigenvalue weighted by atomic mass is 16.1. The molecular weight excluding hydrogens is 160 g/mol. The lowest BCUT2D eigenvalue weighted by Crippen LogP contribution is -2.15. The molecule has 0 aromatic rings. The number of carbonyl (C=O) groups is 1. The van der Waals surface area contributed by atoms with Crippen molar-refractivity contribution in [3.63, 3.8) is 0 Å². The third-order valence-electron chi connectivity index (χ3n) is 2.57. The average molecular weight is 178 g/mol. The summed E-state index contributed by atoms with van der Waals surface area (Å²) < 4.78 is 0. The Hall–Kier alpha value is -0.850. The van der Waals surface area contributed by atoms with Gasteiger partial charge in [0.1, 0.15) is 0 Å². The van der Waals surface area contributed by atoms with Crippen molar-refractivity contribution < 1.29 is 4.79 Å². The second-order valence-electron chi connectivity index (χ2n) is 3.64. The summed E-state index contributed by atoms with van der Waals surface area (Å²) in [5.41, 5.74) is 1.26. The molecule has 1 nitrogen and oxygen atoms in total. The van der Waals surface area contributed by atoms with E-state index in [9.17, 15) is 4.79 Å². The monoisotopic (exact) mass is 178 g/mol. The van der Waals surface area contributed by atoms with E-state index in [0.29, 0.717) is 0 Å². The van der Waals surface area contributed by atoms with Gasteiger partial charge in [0.25, 0.3) is 0 Å². The summed E-state index contributed by atoms with van der Waals surface area (Å²) in [6, 6.07) is 0. The summed E-state index contributed by atoms with van der Waals surface area (Å²) in [5, 5.41) is 0. The highest BCUT2D eigenvalue weighted by molar-refractivity contribution is 5.93. The fourth-order valence-corrected chi connectivity index (χ4v) is 1.74. The smallest absolute Gasteiger partial charge is 0.162 e. The first-order chi connectivity index (χ1) is 6.25. The summed E-state index contributed by atoms with van der Waals surface area (Å²) in [7, 11) is 0. The van der Waals surface area contributed by atoms with E-state index in [-0.39, 0.29) is 11.7 Å². The summed E-state index contributed by atoms with van der Waals surface area (Å²) >= 11 is 0. The lowest BCUT2D eigenvalue weighted by Gasteiger charge is -2.18.